The van der Waals surface area contributed by atoms with Gasteiger partial charge in [-0.3, -0.25) is 0 Å². The number of rotatable bonds is 5. The molecule has 0 aromatic heterocycles. The van der Waals surface area contributed by atoms with Gasteiger partial charge in [0.05, 0.1) is 0 Å². The maximum atomic E-state index is 12.6. The Kier molecular flexibility index (Phi) is 6.19. The predicted molar refractivity (Wildman–Crippen MR) is 99.3 cm³/mol. The third kappa shape index (κ3) is 6.29. The Morgan fingerprint density at radius 3 is 1.79 bits per heavy atom. The van der Waals surface area contributed by atoms with Crippen molar-refractivity contribution >= 4 is 6.03 Å². The minimum atomic E-state index is -0.0943. The van der Waals surface area contributed by atoms with E-state index in [2.05, 4.69) is 26.1 Å². The number of hydrogen-bond acceptors (Lipinski definition) is 1. The molecule has 0 aliphatic carbocycles. The molecule has 3 nitrogen and oxygen atoms in total. The number of hydrogen-bond donors (Lipinski definition) is 1. The summed E-state index contributed by atoms with van der Waals surface area (Å²) in [5.74, 6) is 0. The molecule has 0 aliphatic heterocycles. The molecular weight excluding hydrogens is 296 g/mol. The normalized spacial score (nSPS) is 11.5. The van der Waals surface area contributed by atoms with Crippen LogP contribution < -0.4 is 5.32 Å². The average molecular weight is 322 g/mol. The maximum Gasteiger partial charge on any atom is 0.321 e. The zero-order valence-electron chi connectivity index (χ0n) is 14.7. The van der Waals surface area contributed by atoms with Crippen molar-refractivity contribution in [3.8, 4) is 0 Å². The predicted octanol–water partition coefficient (Wildman–Crippen LogP) is 4.96. The lowest BCUT2D eigenvalue weighted by molar-refractivity contribution is 0.196. The minimum Gasteiger partial charge on any atom is -0.316 e. The minimum absolute atomic E-state index is 0.0387. The van der Waals surface area contributed by atoms with Crippen LogP contribution in [-0.2, 0) is 13.1 Å². The van der Waals surface area contributed by atoms with Crippen molar-refractivity contribution in [3.05, 3.63) is 84.1 Å². The van der Waals surface area contributed by atoms with E-state index in [-0.39, 0.29) is 11.4 Å². The summed E-state index contributed by atoms with van der Waals surface area (Å²) in [5.41, 5.74) is 2.27. The molecule has 0 fully saturated rings. The van der Waals surface area contributed by atoms with E-state index in [4.69, 9.17) is 0 Å². The molecule has 2 rings (SSSR count). The number of amides is 2. The van der Waals surface area contributed by atoms with Crippen molar-refractivity contribution < 1.29 is 4.79 Å². The van der Waals surface area contributed by atoms with E-state index in [1.54, 1.807) is 6.20 Å². The van der Waals surface area contributed by atoms with Crippen LogP contribution in [0, 0.1) is 5.41 Å². The molecule has 0 saturated heterocycles. The van der Waals surface area contributed by atoms with Gasteiger partial charge in [0.15, 0.2) is 0 Å². The van der Waals surface area contributed by atoms with Gasteiger partial charge in [0.1, 0.15) is 0 Å². The first-order valence-corrected chi connectivity index (χ1v) is 8.25. The van der Waals surface area contributed by atoms with Crippen molar-refractivity contribution in [2.45, 2.75) is 33.9 Å². The van der Waals surface area contributed by atoms with Gasteiger partial charge in [-0.05, 0) is 16.5 Å². The fourth-order valence-corrected chi connectivity index (χ4v) is 2.26. The van der Waals surface area contributed by atoms with Crippen molar-refractivity contribution in [1.29, 1.82) is 0 Å². The Hall–Kier alpha value is -2.55. The van der Waals surface area contributed by atoms with Crippen LogP contribution in [0.1, 0.15) is 31.9 Å². The fraction of sp³-hybridized carbons (Fsp3) is 0.286. The molecule has 0 bridgehead atoms. The van der Waals surface area contributed by atoms with Gasteiger partial charge < -0.3 is 10.2 Å². The van der Waals surface area contributed by atoms with Crippen LogP contribution in [0.5, 0.6) is 0 Å². The summed E-state index contributed by atoms with van der Waals surface area (Å²) in [5, 5.41) is 2.89. The largest absolute Gasteiger partial charge is 0.321 e. The van der Waals surface area contributed by atoms with Gasteiger partial charge in [-0.1, -0.05) is 87.5 Å². The third-order valence-corrected chi connectivity index (χ3v) is 3.51. The summed E-state index contributed by atoms with van der Waals surface area (Å²) >= 11 is 0. The highest BCUT2D eigenvalue weighted by atomic mass is 16.2. The number of urea groups is 1. The molecule has 0 aliphatic rings. The fourth-order valence-electron chi connectivity index (χ4n) is 2.26. The molecule has 2 aromatic carbocycles. The van der Waals surface area contributed by atoms with Crippen LogP contribution in [0.4, 0.5) is 4.79 Å². The van der Waals surface area contributed by atoms with E-state index in [0.29, 0.717) is 13.1 Å². The summed E-state index contributed by atoms with van der Waals surface area (Å²) in [6.45, 7) is 7.44. The number of nitrogens with zero attached hydrogens (tertiary/aromatic N) is 1. The number of allylic oxidation sites excluding steroid dienone is 1. The first kappa shape index (κ1) is 17.8. The molecule has 1 N–H and O–H groups in total. The van der Waals surface area contributed by atoms with Gasteiger partial charge in [-0.15, -0.1) is 0 Å². The standard InChI is InChI=1S/C21H26N2O/c1-21(2,3)14-15-22-20(24)23(16-18-10-6-4-7-11-18)17-19-12-8-5-9-13-19/h4-15H,16-17H2,1-3H3,(H,22,24)/b15-14+. The SMILES string of the molecule is CC(C)(C)/C=C/NC(=O)N(Cc1ccccc1)Cc1ccccc1. The average Bonchev–Trinajstić information content (AvgIpc) is 2.55. The number of carbonyl (C=O) groups is 1. The lowest BCUT2D eigenvalue weighted by Crippen LogP contribution is -2.36. The second-order valence-corrected chi connectivity index (χ2v) is 6.98. The molecule has 0 heterocycles. The van der Waals surface area contributed by atoms with Gasteiger partial charge in [0, 0.05) is 19.3 Å². The van der Waals surface area contributed by atoms with Gasteiger partial charge in [-0.25, -0.2) is 4.79 Å². The van der Waals surface area contributed by atoms with Crippen LogP contribution in [0.25, 0.3) is 0 Å². The zero-order chi connectivity index (χ0) is 17.4. The van der Waals surface area contributed by atoms with E-state index in [1.807, 2.05) is 71.6 Å². The van der Waals surface area contributed by atoms with Gasteiger partial charge in [-0.2, -0.15) is 0 Å². The molecule has 2 aromatic rings. The second-order valence-electron chi connectivity index (χ2n) is 6.98. The lowest BCUT2D eigenvalue weighted by Gasteiger charge is -2.23. The Morgan fingerprint density at radius 1 is 0.917 bits per heavy atom. The van der Waals surface area contributed by atoms with Crippen LogP contribution in [0.3, 0.4) is 0 Å². The van der Waals surface area contributed by atoms with Crippen LogP contribution in [0.15, 0.2) is 72.9 Å². The quantitative estimate of drug-likeness (QED) is 0.829. The number of benzene rings is 2. The van der Waals surface area contributed by atoms with Crippen molar-refractivity contribution in [2.75, 3.05) is 0 Å². The Balaban J connectivity index is 2.09. The van der Waals surface area contributed by atoms with Crippen LogP contribution >= 0.6 is 0 Å². The van der Waals surface area contributed by atoms with Crippen molar-refractivity contribution in [3.63, 3.8) is 0 Å². The van der Waals surface area contributed by atoms with Gasteiger partial charge in [0.2, 0.25) is 0 Å². The Morgan fingerprint density at radius 2 is 1.38 bits per heavy atom. The monoisotopic (exact) mass is 322 g/mol. The van der Waals surface area contributed by atoms with E-state index >= 15 is 0 Å². The number of nitrogens with one attached hydrogen (secondary N) is 1. The molecule has 126 valence electrons. The smallest absolute Gasteiger partial charge is 0.316 e. The van der Waals surface area contributed by atoms with Gasteiger partial charge >= 0.3 is 6.03 Å². The van der Waals surface area contributed by atoms with Crippen molar-refractivity contribution in [1.82, 2.24) is 10.2 Å². The summed E-state index contributed by atoms with van der Waals surface area (Å²) < 4.78 is 0. The van der Waals surface area contributed by atoms with E-state index in [1.165, 1.54) is 0 Å². The molecule has 0 spiro atoms. The molecule has 0 saturated carbocycles. The van der Waals surface area contributed by atoms with E-state index in [9.17, 15) is 4.79 Å². The first-order chi connectivity index (χ1) is 11.4. The van der Waals surface area contributed by atoms with E-state index in [0.717, 1.165) is 11.1 Å². The number of carbonyl (C=O) groups excluding carboxylic acids is 1. The van der Waals surface area contributed by atoms with E-state index < -0.39 is 0 Å². The highest BCUT2D eigenvalue weighted by Crippen LogP contribution is 2.14. The Bertz CT molecular complexity index is 616. The molecule has 0 unspecified atom stereocenters. The summed E-state index contributed by atoms with van der Waals surface area (Å²) in [6.07, 6.45) is 3.74. The maximum absolute atomic E-state index is 12.6. The van der Waals surface area contributed by atoms with Crippen molar-refractivity contribution in [2.24, 2.45) is 5.41 Å². The zero-order valence-corrected chi connectivity index (χ0v) is 14.7. The van der Waals surface area contributed by atoms with Gasteiger partial charge in [0.25, 0.3) is 0 Å². The third-order valence-electron chi connectivity index (χ3n) is 3.51. The summed E-state index contributed by atoms with van der Waals surface area (Å²) in [7, 11) is 0. The summed E-state index contributed by atoms with van der Waals surface area (Å²) in [6, 6.07) is 20.0. The van der Waals surface area contributed by atoms with Crippen LogP contribution in [-0.4, -0.2) is 10.9 Å². The highest BCUT2D eigenvalue weighted by Gasteiger charge is 2.14. The van der Waals surface area contributed by atoms with Crippen LogP contribution in [0.2, 0.25) is 0 Å². The highest BCUT2D eigenvalue weighted by molar-refractivity contribution is 5.75. The molecule has 2 amide bonds. The molecule has 0 radical (unpaired) electrons. The lowest BCUT2D eigenvalue weighted by atomic mass is 9.97. The summed E-state index contributed by atoms with van der Waals surface area (Å²) in [4.78, 5) is 14.4. The molecular formula is C21H26N2O. The first-order valence-electron chi connectivity index (χ1n) is 8.25. The Labute approximate surface area is 145 Å². The molecule has 3 heteroatoms. The molecule has 0 atom stereocenters. The second kappa shape index (κ2) is 8.34. The topological polar surface area (TPSA) is 32.3 Å². The molecule has 24 heavy (non-hydrogen) atoms.